The molecule has 0 bridgehead atoms. The summed E-state index contributed by atoms with van der Waals surface area (Å²) in [5.74, 6) is 1.74. The molecule has 1 atom stereocenters. The molecule has 1 fully saturated rings. The molecule has 0 spiro atoms. The fraction of sp³-hybridized carbons (Fsp3) is 0.643. The Kier molecular flexibility index (Phi) is 4.37. The van der Waals surface area contributed by atoms with Gasteiger partial charge in [0, 0.05) is 12.2 Å². The Hall–Kier alpha value is -1.09. The van der Waals surface area contributed by atoms with Crippen molar-refractivity contribution in [2.24, 2.45) is 5.92 Å². The van der Waals surface area contributed by atoms with E-state index in [0.717, 1.165) is 18.2 Å². The van der Waals surface area contributed by atoms with Crippen molar-refractivity contribution in [1.82, 2.24) is 10.3 Å². The zero-order valence-electron chi connectivity index (χ0n) is 10.8. The van der Waals surface area contributed by atoms with Crippen molar-refractivity contribution in [3.63, 3.8) is 0 Å². The molecule has 1 aromatic rings. The molecule has 94 valence electrons. The zero-order chi connectivity index (χ0) is 12.1. The van der Waals surface area contributed by atoms with Crippen LogP contribution >= 0.6 is 0 Å². The highest BCUT2D eigenvalue weighted by Crippen LogP contribution is 2.35. The van der Waals surface area contributed by atoms with E-state index < -0.39 is 0 Å². The van der Waals surface area contributed by atoms with Gasteiger partial charge in [0.05, 0.1) is 13.3 Å². The van der Waals surface area contributed by atoms with Crippen molar-refractivity contribution in [2.45, 2.75) is 38.6 Å². The van der Waals surface area contributed by atoms with Crippen LogP contribution in [0.25, 0.3) is 0 Å². The number of nitrogens with zero attached hydrogens (tertiary/aromatic N) is 1. The molecule has 1 aliphatic carbocycles. The molecule has 3 heteroatoms. The van der Waals surface area contributed by atoms with E-state index in [1.165, 1.54) is 31.2 Å². The lowest BCUT2D eigenvalue weighted by Gasteiger charge is -2.30. The fourth-order valence-corrected chi connectivity index (χ4v) is 2.38. The van der Waals surface area contributed by atoms with Crippen LogP contribution in [-0.4, -0.2) is 18.6 Å². The summed E-state index contributed by atoms with van der Waals surface area (Å²) in [6.07, 6.45) is 9.12. The Morgan fingerprint density at radius 2 is 2.29 bits per heavy atom. The highest BCUT2D eigenvalue weighted by atomic mass is 16.5. The van der Waals surface area contributed by atoms with Gasteiger partial charge in [-0.25, -0.2) is 0 Å². The molecule has 3 nitrogen and oxygen atoms in total. The maximum atomic E-state index is 5.24. The molecular formula is C14H22N2O. The first kappa shape index (κ1) is 12.4. The third-order valence-corrected chi connectivity index (χ3v) is 3.62. The van der Waals surface area contributed by atoms with Gasteiger partial charge in [0.15, 0.2) is 0 Å². The summed E-state index contributed by atoms with van der Waals surface area (Å²) in [6, 6.07) is 2.52. The second-order valence-electron chi connectivity index (χ2n) is 4.80. The maximum Gasteiger partial charge on any atom is 0.137 e. The molecule has 17 heavy (non-hydrogen) atoms. The summed E-state index contributed by atoms with van der Waals surface area (Å²) in [7, 11) is 1.69. The molecule has 1 unspecified atom stereocenters. The van der Waals surface area contributed by atoms with Gasteiger partial charge in [0.2, 0.25) is 0 Å². The highest BCUT2D eigenvalue weighted by Gasteiger charge is 2.22. The quantitative estimate of drug-likeness (QED) is 0.821. The monoisotopic (exact) mass is 234 g/mol. The van der Waals surface area contributed by atoms with Crippen LogP contribution in [0, 0.1) is 5.92 Å². The van der Waals surface area contributed by atoms with Crippen LogP contribution in [-0.2, 0) is 0 Å². The molecule has 0 amide bonds. The minimum Gasteiger partial charge on any atom is -0.495 e. The smallest absolute Gasteiger partial charge is 0.137 e. The Labute approximate surface area is 104 Å². The zero-order valence-corrected chi connectivity index (χ0v) is 10.8. The Balaban J connectivity index is 2.06. The van der Waals surface area contributed by atoms with Gasteiger partial charge in [0.1, 0.15) is 5.75 Å². The van der Waals surface area contributed by atoms with Crippen molar-refractivity contribution < 1.29 is 4.74 Å². The van der Waals surface area contributed by atoms with E-state index >= 15 is 0 Å². The van der Waals surface area contributed by atoms with Crippen molar-refractivity contribution in [3.05, 3.63) is 24.0 Å². The largest absolute Gasteiger partial charge is 0.495 e. The molecule has 1 saturated carbocycles. The van der Waals surface area contributed by atoms with Crippen molar-refractivity contribution in [3.8, 4) is 5.75 Å². The number of ether oxygens (including phenoxy) is 1. The van der Waals surface area contributed by atoms with Crippen molar-refractivity contribution in [2.75, 3.05) is 13.7 Å². The van der Waals surface area contributed by atoms with Gasteiger partial charge in [-0.3, -0.25) is 4.98 Å². The Morgan fingerprint density at radius 3 is 2.88 bits per heavy atom. The number of hydrogen-bond donors (Lipinski definition) is 1. The number of nitrogens with one attached hydrogen (secondary N) is 1. The lowest BCUT2D eigenvalue weighted by atomic mass is 9.80. The van der Waals surface area contributed by atoms with E-state index in [2.05, 4.69) is 23.3 Å². The average molecular weight is 234 g/mol. The molecule has 0 aliphatic heterocycles. The van der Waals surface area contributed by atoms with Crippen LogP contribution in [0.2, 0.25) is 0 Å². The second kappa shape index (κ2) is 6.01. The number of hydrogen-bond acceptors (Lipinski definition) is 3. The van der Waals surface area contributed by atoms with Gasteiger partial charge in [-0.2, -0.15) is 0 Å². The number of pyridine rings is 1. The summed E-state index contributed by atoms with van der Waals surface area (Å²) in [5.41, 5.74) is 1.25. The normalized spacial score (nSPS) is 17.5. The Bertz CT molecular complexity index is 350. The van der Waals surface area contributed by atoms with Gasteiger partial charge >= 0.3 is 0 Å². The van der Waals surface area contributed by atoms with Crippen LogP contribution in [0.15, 0.2) is 18.5 Å². The first-order valence-corrected chi connectivity index (χ1v) is 6.55. The lowest BCUT2D eigenvalue weighted by Crippen LogP contribution is -2.26. The third kappa shape index (κ3) is 3.19. The number of methoxy groups -OCH3 is 1. The van der Waals surface area contributed by atoms with Crippen LogP contribution in [0.4, 0.5) is 0 Å². The van der Waals surface area contributed by atoms with E-state index in [4.69, 9.17) is 4.74 Å². The van der Waals surface area contributed by atoms with Crippen molar-refractivity contribution >= 4 is 0 Å². The SMILES string of the molecule is CCNC(CC1CCC1)c1cncc(OC)c1. The minimum absolute atomic E-state index is 0.424. The summed E-state index contributed by atoms with van der Waals surface area (Å²) in [5, 5.41) is 3.55. The molecule has 1 aromatic heterocycles. The van der Waals surface area contributed by atoms with Gasteiger partial charge in [-0.05, 0) is 30.5 Å². The number of rotatable bonds is 6. The molecule has 0 saturated heterocycles. The molecular weight excluding hydrogens is 212 g/mol. The summed E-state index contributed by atoms with van der Waals surface area (Å²) >= 11 is 0. The predicted octanol–water partition coefficient (Wildman–Crippen LogP) is 2.93. The van der Waals surface area contributed by atoms with Gasteiger partial charge < -0.3 is 10.1 Å². The van der Waals surface area contributed by atoms with Crippen LogP contribution in [0.1, 0.15) is 44.2 Å². The standard InChI is InChI=1S/C14H22N2O/c1-3-16-14(7-11-5-4-6-11)12-8-13(17-2)10-15-9-12/h8-11,14,16H,3-7H2,1-2H3. The van der Waals surface area contributed by atoms with Gasteiger partial charge in [0.25, 0.3) is 0 Å². The lowest BCUT2D eigenvalue weighted by molar-refractivity contribution is 0.262. The molecule has 1 N–H and O–H groups in total. The Morgan fingerprint density at radius 1 is 1.47 bits per heavy atom. The number of aromatic nitrogens is 1. The van der Waals surface area contributed by atoms with Crippen LogP contribution in [0.3, 0.4) is 0 Å². The predicted molar refractivity (Wildman–Crippen MR) is 69.2 cm³/mol. The maximum absolute atomic E-state index is 5.24. The van der Waals surface area contributed by atoms with E-state index in [9.17, 15) is 0 Å². The summed E-state index contributed by atoms with van der Waals surface area (Å²) in [6.45, 7) is 3.15. The van der Waals surface area contributed by atoms with Crippen LogP contribution in [0.5, 0.6) is 5.75 Å². The van der Waals surface area contributed by atoms with Crippen LogP contribution < -0.4 is 10.1 Å². The summed E-state index contributed by atoms with van der Waals surface area (Å²) in [4.78, 5) is 4.24. The van der Waals surface area contributed by atoms with E-state index in [1.54, 1.807) is 13.3 Å². The fourth-order valence-electron chi connectivity index (χ4n) is 2.38. The average Bonchev–Trinajstić information content (AvgIpc) is 2.32. The van der Waals surface area contributed by atoms with Crippen molar-refractivity contribution in [1.29, 1.82) is 0 Å². The second-order valence-corrected chi connectivity index (χ2v) is 4.80. The molecule has 1 heterocycles. The van der Waals surface area contributed by atoms with Gasteiger partial charge in [-0.1, -0.05) is 26.2 Å². The van der Waals surface area contributed by atoms with E-state index in [0.29, 0.717) is 6.04 Å². The molecule has 1 aliphatic rings. The van der Waals surface area contributed by atoms with E-state index in [-0.39, 0.29) is 0 Å². The third-order valence-electron chi connectivity index (χ3n) is 3.62. The first-order valence-electron chi connectivity index (χ1n) is 6.55. The van der Waals surface area contributed by atoms with E-state index in [1.807, 2.05) is 6.20 Å². The van der Waals surface area contributed by atoms with Gasteiger partial charge in [-0.15, -0.1) is 0 Å². The summed E-state index contributed by atoms with van der Waals surface area (Å²) < 4.78 is 5.24. The topological polar surface area (TPSA) is 34.2 Å². The minimum atomic E-state index is 0.424. The molecule has 0 radical (unpaired) electrons. The molecule has 2 rings (SSSR count). The highest BCUT2D eigenvalue weighted by molar-refractivity contribution is 5.26. The first-order chi connectivity index (χ1) is 8.33. The molecule has 0 aromatic carbocycles.